The number of halogens is 2. The molecule has 0 aliphatic heterocycles. The SMILES string of the molecule is C/C=C(\Oc1ccc(Cl)cc1Cl)C(=O)O. The molecule has 0 saturated carbocycles. The lowest BCUT2D eigenvalue weighted by atomic mass is 10.3. The molecular weight excluding hydrogens is 239 g/mol. The van der Waals surface area contributed by atoms with Gasteiger partial charge in [0.05, 0.1) is 5.02 Å². The number of carbonyl (C=O) groups is 1. The Bertz CT molecular complexity index is 413. The van der Waals surface area contributed by atoms with Crippen molar-refractivity contribution >= 4 is 29.2 Å². The number of benzene rings is 1. The number of aliphatic carboxylic acids is 1. The van der Waals surface area contributed by atoms with Crippen LogP contribution in [0.4, 0.5) is 0 Å². The number of carboxylic acids is 1. The van der Waals surface area contributed by atoms with Crippen LogP contribution in [0.3, 0.4) is 0 Å². The van der Waals surface area contributed by atoms with Gasteiger partial charge >= 0.3 is 5.97 Å². The Morgan fingerprint density at radius 2 is 2.13 bits per heavy atom. The number of hydrogen-bond donors (Lipinski definition) is 1. The van der Waals surface area contributed by atoms with Crippen molar-refractivity contribution in [2.75, 3.05) is 0 Å². The third kappa shape index (κ3) is 3.15. The van der Waals surface area contributed by atoms with E-state index in [1.807, 2.05) is 0 Å². The zero-order valence-corrected chi connectivity index (χ0v) is 9.34. The number of allylic oxidation sites excluding steroid dienone is 1. The molecule has 0 atom stereocenters. The molecule has 80 valence electrons. The fraction of sp³-hybridized carbons (Fsp3) is 0.100. The fourth-order valence-electron chi connectivity index (χ4n) is 0.902. The smallest absolute Gasteiger partial charge is 0.371 e. The lowest BCUT2D eigenvalue weighted by Gasteiger charge is -2.07. The highest BCUT2D eigenvalue weighted by Crippen LogP contribution is 2.28. The third-order valence-corrected chi connectivity index (χ3v) is 2.12. The van der Waals surface area contributed by atoms with Gasteiger partial charge in [0.15, 0.2) is 0 Å². The Labute approximate surface area is 96.9 Å². The van der Waals surface area contributed by atoms with Gasteiger partial charge in [0, 0.05) is 5.02 Å². The predicted octanol–water partition coefficient (Wildman–Crippen LogP) is 3.36. The Morgan fingerprint density at radius 3 is 2.60 bits per heavy atom. The molecule has 0 heterocycles. The highest BCUT2D eigenvalue weighted by molar-refractivity contribution is 6.35. The molecule has 1 rings (SSSR count). The van der Waals surface area contributed by atoms with E-state index < -0.39 is 5.97 Å². The Morgan fingerprint density at radius 1 is 1.47 bits per heavy atom. The Balaban J connectivity index is 2.94. The van der Waals surface area contributed by atoms with Crippen molar-refractivity contribution in [3.05, 3.63) is 40.1 Å². The molecule has 0 aliphatic carbocycles. The molecule has 1 N–H and O–H groups in total. The van der Waals surface area contributed by atoms with E-state index in [0.29, 0.717) is 5.02 Å². The number of hydrogen-bond acceptors (Lipinski definition) is 2. The van der Waals surface area contributed by atoms with Gasteiger partial charge in [-0.2, -0.15) is 0 Å². The standard InChI is InChI=1S/C10H8Cl2O3/c1-2-8(10(13)14)15-9-4-3-6(11)5-7(9)12/h2-5H,1H3,(H,13,14)/b8-2-. The number of rotatable bonds is 3. The minimum Gasteiger partial charge on any atom is -0.475 e. The second kappa shape index (κ2) is 5.05. The van der Waals surface area contributed by atoms with Crippen LogP contribution < -0.4 is 4.74 Å². The Hall–Kier alpha value is -1.19. The summed E-state index contributed by atoms with van der Waals surface area (Å²) < 4.78 is 5.08. The highest BCUT2D eigenvalue weighted by Gasteiger charge is 2.11. The van der Waals surface area contributed by atoms with Crippen LogP contribution >= 0.6 is 23.2 Å². The maximum atomic E-state index is 10.7. The molecule has 0 unspecified atom stereocenters. The van der Waals surface area contributed by atoms with Crippen LogP contribution in [-0.2, 0) is 4.79 Å². The summed E-state index contributed by atoms with van der Waals surface area (Å²) in [5.74, 6) is -1.07. The van der Waals surface area contributed by atoms with Crippen molar-refractivity contribution < 1.29 is 14.6 Å². The highest BCUT2D eigenvalue weighted by atomic mass is 35.5. The van der Waals surface area contributed by atoms with E-state index in [4.69, 9.17) is 33.0 Å². The summed E-state index contributed by atoms with van der Waals surface area (Å²) in [6.45, 7) is 1.56. The van der Waals surface area contributed by atoms with E-state index in [1.165, 1.54) is 18.2 Å². The normalized spacial score (nSPS) is 11.3. The van der Waals surface area contributed by atoms with Crippen LogP contribution in [0.5, 0.6) is 5.75 Å². The zero-order chi connectivity index (χ0) is 11.4. The van der Waals surface area contributed by atoms with Gasteiger partial charge in [0.2, 0.25) is 5.76 Å². The van der Waals surface area contributed by atoms with Gasteiger partial charge < -0.3 is 9.84 Å². The molecule has 0 aromatic heterocycles. The first-order valence-corrected chi connectivity index (χ1v) is 4.82. The molecule has 5 heteroatoms. The van der Waals surface area contributed by atoms with E-state index in [0.717, 1.165) is 0 Å². The first-order valence-electron chi connectivity index (χ1n) is 4.07. The molecule has 3 nitrogen and oxygen atoms in total. The molecule has 0 fully saturated rings. The lowest BCUT2D eigenvalue weighted by Crippen LogP contribution is -2.07. The van der Waals surface area contributed by atoms with Crippen molar-refractivity contribution in [1.82, 2.24) is 0 Å². The monoisotopic (exact) mass is 246 g/mol. The summed E-state index contributed by atoms with van der Waals surface area (Å²) in [6.07, 6.45) is 1.34. The van der Waals surface area contributed by atoms with Crippen LogP contribution in [0, 0.1) is 0 Å². The summed E-state index contributed by atoms with van der Waals surface area (Å²) in [4.78, 5) is 10.7. The van der Waals surface area contributed by atoms with Crippen LogP contribution in [0.15, 0.2) is 30.0 Å². The van der Waals surface area contributed by atoms with E-state index >= 15 is 0 Å². The average molecular weight is 247 g/mol. The van der Waals surface area contributed by atoms with Crippen LogP contribution in [-0.4, -0.2) is 11.1 Å². The minimum atomic E-state index is -1.15. The van der Waals surface area contributed by atoms with Gasteiger partial charge in [0.1, 0.15) is 5.75 Å². The molecule has 0 spiro atoms. The van der Waals surface area contributed by atoms with Gasteiger partial charge in [-0.05, 0) is 31.2 Å². The third-order valence-electron chi connectivity index (χ3n) is 1.59. The van der Waals surface area contributed by atoms with Crippen molar-refractivity contribution in [3.8, 4) is 5.75 Å². The van der Waals surface area contributed by atoms with Crippen LogP contribution in [0.25, 0.3) is 0 Å². The second-order valence-electron chi connectivity index (χ2n) is 2.63. The van der Waals surface area contributed by atoms with E-state index in [-0.39, 0.29) is 16.5 Å². The molecule has 15 heavy (non-hydrogen) atoms. The summed E-state index contributed by atoms with van der Waals surface area (Å²) in [7, 11) is 0. The van der Waals surface area contributed by atoms with Crippen LogP contribution in [0.1, 0.15) is 6.92 Å². The molecule has 0 saturated heterocycles. The quantitative estimate of drug-likeness (QED) is 0.658. The Kier molecular flexibility index (Phi) is 4.00. The average Bonchev–Trinajstić information content (AvgIpc) is 2.16. The molecule has 0 amide bonds. The molecule has 1 aromatic carbocycles. The number of ether oxygens (including phenoxy) is 1. The van der Waals surface area contributed by atoms with Gasteiger partial charge in [-0.1, -0.05) is 23.2 Å². The first-order chi connectivity index (χ1) is 7.04. The molecule has 1 aromatic rings. The predicted molar refractivity (Wildman–Crippen MR) is 58.5 cm³/mol. The van der Waals surface area contributed by atoms with Gasteiger partial charge in [-0.25, -0.2) is 4.79 Å². The van der Waals surface area contributed by atoms with Gasteiger partial charge in [-0.3, -0.25) is 0 Å². The lowest BCUT2D eigenvalue weighted by molar-refractivity contribution is -0.135. The molecular formula is C10H8Cl2O3. The molecule has 0 radical (unpaired) electrons. The van der Waals surface area contributed by atoms with Crippen molar-refractivity contribution in [3.63, 3.8) is 0 Å². The summed E-state index contributed by atoms with van der Waals surface area (Å²) >= 11 is 11.5. The maximum absolute atomic E-state index is 10.7. The largest absolute Gasteiger partial charge is 0.475 e. The summed E-state index contributed by atoms with van der Waals surface area (Å²) in [5.41, 5.74) is 0. The van der Waals surface area contributed by atoms with Crippen molar-refractivity contribution in [1.29, 1.82) is 0 Å². The summed E-state index contributed by atoms with van der Waals surface area (Å²) in [6, 6.07) is 4.56. The van der Waals surface area contributed by atoms with Gasteiger partial charge in [0.25, 0.3) is 0 Å². The zero-order valence-electron chi connectivity index (χ0n) is 7.83. The first kappa shape index (κ1) is 11.9. The van der Waals surface area contributed by atoms with Gasteiger partial charge in [-0.15, -0.1) is 0 Å². The maximum Gasteiger partial charge on any atom is 0.371 e. The molecule has 0 bridgehead atoms. The van der Waals surface area contributed by atoms with E-state index in [1.54, 1.807) is 13.0 Å². The van der Waals surface area contributed by atoms with E-state index in [9.17, 15) is 4.79 Å². The fourth-order valence-corrected chi connectivity index (χ4v) is 1.35. The minimum absolute atomic E-state index is 0.181. The second-order valence-corrected chi connectivity index (χ2v) is 3.48. The van der Waals surface area contributed by atoms with Crippen LogP contribution in [0.2, 0.25) is 10.0 Å². The topological polar surface area (TPSA) is 46.5 Å². The summed E-state index contributed by atoms with van der Waals surface area (Å²) in [5, 5.41) is 9.45. The van der Waals surface area contributed by atoms with Crippen molar-refractivity contribution in [2.24, 2.45) is 0 Å². The molecule has 0 aliphatic rings. The van der Waals surface area contributed by atoms with E-state index in [2.05, 4.69) is 0 Å². The van der Waals surface area contributed by atoms with Crippen molar-refractivity contribution in [2.45, 2.75) is 6.92 Å². The number of carboxylic acid groups (broad SMARTS) is 1.